The molecule has 5 nitrogen and oxygen atoms in total. The summed E-state index contributed by atoms with van der Waals surface area (Å²) in [5.41, 5.74) is 7.73. The van der Waals surface area contributed by atoms with Crippen LogP contribution < -0.4 is 5.32 Å². The van der Waals surface area contributed by atoms with Crippen molar-refractivity contribution in [3.05, 3.63) is 58.7 Å². The number of rotatable bonds is 10. The van der Waals surface area contributed by atoms with Gasteiger partial charge in [-0.05, 0) is 67.1 Å². The number of hydrogen-bond acceptors (Lipinski definition) is 5. The summed E-state index contributed by atoms with van der Waals surface area (Å²) in [7, 11) is 0. The molecule has 4 rings (SSSR count). The predicted octanol–water partition coefficient (Wildman–Crippen LogP) is 4.89. The van der Waals surface area contributed by atoms with Crippen LogP contribution in [0.3, 0.4) is 0 Å². The van der Waals surface area contributed by atoms with Gasteiger partial charge in [-0.2, -0.15) is 0 Å². The Morgan fingerprint density at radius 3 is 2.39 bits per heavy atom. The van der Waals surface area contributed by atoms with Crippen molar-refractivity contribution in [1.29, 1.82) is 0 Å². The number of unbranched alkanes of at least 4 members (excludes halogenated alkanes) is 2. The molecule has 2 aliphatic rings. The third-order valence-electron chi connectivity index (χ3n) is 7.26. The Bertz CT molecular complexity index is 919. The zero-order chi connectivity index (χ0) is 23.3. The van der Waals surface area contributed by atoms with Gasteiger partial charge in [0.1, 0.15) is 0 Å². The second kappa shape index (κ2) is 11.0. The van der Waals surface area contributed by atoms with Crippen molar-refractivity contribution in [2.24, 2.45) is 0 Å². The highest BCUT2D eigenvalue weighted by Gasteiger charge is 2.33. The number of fused-ring (bicyclic) bond motifs is 2. The van der Waals surface area contributed by atoms with E-state index in [1.807, 2.05) is 6.92 Å². The highest BCUT2D eigenvalue weighted by molar-refractivity contribution is 5.76. The fraction of sp³-hybridized carbons (Fsp3) is 0.571. The molecule has 0 atom stereocenters. The van der Waals surface area contributed by atoms with E-state index in [0.29, 0.717) is 13.2 Å². The van der Waals surface area contributed by atoms with E-state index >= 15 is 0 Å². The Hall–Kier alpha value is -1.92. The summed E-state index contributed by atoms with van der Waals surface area (Å²) in [6.45, 7) is 15.2. The topological polar surface area (TPSA) is 48.0 Å². The van der Waals surface area contributed by atoms with E-state index in [1.165, 1.54) is 40.0 Å². The molecule has 180 valence electrons. The minimum Gasteiger partial charge on any atom is -0.396 e. The number of nitrogens with zero attached hydrogens (tertiary/aromatic N) is 2. The third-order valence-corrected chi connectivity index (χ3v) is 7.26. The van der Waals surface area contributed by atoms with Gasteiger partial charge in [-0.25, -0.2) is 0 Å². The third kappa shape index (κ3) is 5.78. The number of piperazine rings is 1. The maximum atomic E-state index is 8.94. The maximum absolute atomic E-state index is 8.94. The highest BCUT2D eigenvalue weighted by atomic mass is 16.5. The Balaban J connectivity index is 1.39. The van der Waals surface area contributed by atoms with Gasteiger partial charge in [-0.3, -0.25) is 4.90 Å². The molecular formula is C28H41N3O2. The Morgan fingerprint density at radius 1 is 0.879 bits per heavy atom. The van der Waals surface area contributed by atoms with Crippen molar-refractivity contribution < 1.29 is 9.84 Å². The zero-order valence-electron chi connectivity index (χ0n) is 20.7. The van der Waals surface area contributed by atoms with Gasteiger partial charge in [0.05, 0.1) is 6.61 Å². The predicted molar refractivity (Wildman–Crippen MR) is 136 cm³/mol. The molecule has 1 fully saturated rings. The van der Waals surface area contributed by atoms with E-state index in [-0.39, 0.29) is 5.41 Å². The first-order chi connectivity index (χ1) is 16.0. The van der Waals surface area contributed by atoms with Crippen molar-refractivity contribution in [2.45, 2.75) is 58.6 Å². The van der Waals surface area contributed by atoms with Gasteiger partial charge < -0.3 is 20.1 Å². The molecule has 0 spiro atoms. The number of aliphatic hydroxyl groups excluding tert-OH is 1. The molecule has 2 N–H and O–H groups in total. The number of aliphatic hydroxyl groups is 1. The molecule has 0 amide bonds. The molecule has 2 aromatic rings. The number of nitrogens with one attached hydrogen (secondary N) is 1. The zero-order valence-corrected chi connectivity index (χ0v) is 20.7. The first kappa shape index (κ1) is 24.2. The fourth-order valence-electron chi connectivity index (χ4n) is 5.21. The average Bonchev–Trinajstić information content (AvgIpc) is 2.82. The van der Waals surface area contributed by atoms with Crippen LogP contribution in [0.5, 0.6) is 0 Å². The summed E-state index contributed by atoms with van der Waals surface area (Å²) in [4.78, 5) is 5.16. The largest absolute Gasteiger partial charge is 0.396 e. The molecular weight excluding hydrogens is 410 g/mol. The van der Waals surface area contributed by atoms with Crippen LogP contribution in [0.15, 0.2) is 36.4 Å². The first-order valence-corrected chi connectivity index (χ1v) is 12.7. The lowest BCUT2D eigenvalue weighted by Crippen LogP contribution is -2.46. The second-order valence-electron chi connectivity index (χ2n) is 10.0. The standard InChI is InChI=1S/C28H41N3O2/c1-4-33-21-23-8-10-24-27(19-23)29-26-11-9-22(18-25(26)28(24,2)3)20-31-15-13-30(14-16-31)12-6-5-7-17-32/h8-11,18-19,29,32H,4-7,12-17,20-21H2,1-3H3. The van der Waals surface area contributed by atoms with E-state index in [0.717, 1.165) is 58.7 Å². The Kier molecular flexibility index (Phi) is 8.07. The van der Waals surface area contributed by atoms with Gasteiger partial charge in [-0.1, -0.05) is 38.1 Å². The number of hydrogen-bond donors (Lipinski definition) is 2. The summed E-state index contributed by atoms with van der Waals surface area (Å²) in [6.07, 6.45) is 3.26. The molecule has 0 bridgehead atoms. The molecule has 0 saturated carbocycles. The SMILES string of the molecule is CCOCc1ccc2c(c1)Nc1ccc(CN3CCN(CCCCCO)CC3)cc1C2(C)C. The molecule has 0 aromatic heterocycles. The van der Waals surface area contributed by atoms with Crippen molar-refractivity contribution >= 4 is 11.4 Å². The van der Waals surface area contributed by atoms with Crippen molar-refractivity contribution in [2.75, 3.05) is 51.3 Å². The minimum atomic E-state index is -0.0384. The molecule has 2 heterocycles. The van der Waals surface area contributed by atoms with Gasteiger partial charge in [0.25, 0.3) is 0 Å². The number of anilines is 2. The second-order valence-corrected chi connectivity index (χ2v) is 10.0. The van der Waals surface area contributed by atoms with E-state index in [4.69, 9.17) is 9.84 Å². The Morgan fingerprint density at radius 2 is 1.64 bits per heavy atom. The lowest BCUT2D eigenvalue weighted by atomic mass is 9.73. The molecule has 0 unspecified atom stereocenters. The molecule has 2 aliphatic heterocycles. The molecule has 5 heteroatoms. The van der Waals surface area contributed by atoms with Gasteiger partial charge in [0, 0.05) is 62.7 Å². The monoisotopic (exact) mass is 451 g/mol. The van der Waals surface area contributed by atoms with Crippen LogP contribution in [0.25, 0.3) is 0 Å². The fourth-order valence-corrected chi connectivity index (χ4v) is 5.21. The summed E-state index contributed by atoms with van der Waals surface area (Å²) in [5.74, 6) is 0. The van der Waals surface area contributed by atoms with E-state index in [2.05, 4.69) is 65.4 Å². The van der Waals surface area contributed by atoms with Crippen LogP contribution in [0.4, 0.5) is 11.4 Å². The van der Waals surface area contributed by atoms with Gasteiger partial charge in [0.2, 0.25) is 0 Å². The summed E-state index contributed by atoms with van der Waals surface area (Å²) in [5, 5.41) is 12.6. The number of benzene rings is 2. The minimum absolute atomic E-state index is 0.0384. The first-order valence-electron chi connectivity index (χ1n) is 12.7. The molecule has 0 radical (unpaired) electrons. The van der Waals surface area contributed by atoms with E-state index < -0.39 is 0 Å². The van der Waals surface area contributed by atoms with Crippen LogP contribution in [-0.2, 0) is 23.3 Å². The van der Waals surface area contributed by atoms with Crippen molar-refractivity contribution in [3.8, 4) is 0 Å². The summed E-state index contributed by atoms with van der Waals surface area (Å²) in [6, 6.07) is 13.7. The van der Waals surface area contributed by atoms with Crippen LogP contribution in [0.1, 0.15) is 62.3 Å². The maximum Gasteiger partial charge on any atom is 0.0717 e. The lowest BCUT2D eigenvalue weighted by molar-refractivity contribution is 0.125. The Labute approximate surface area is 199 Å². The lowest BCUT2D eigenvalue weighted by Gasteiger charge is -2.37. The van der Waals surface area contributed by atoms with Crippen molar-refractivity contribution in [3.63, 3.8) is 0 Å². The van der Waals surface area contributed by atoms with Gasteiger partial charge in [0.15, 0.2) is 0 Å². The summed E-state index contributed by atoms with van der Waals surface area (Å²) >= 11 is 0. The van der Waals surface area contributed by atoms with E-state index in [1.54, 1.807) is 0 Å². The van der Waals surface area contributed by atoms with E-state index in [9.17, 15) is 0 Å². The van der Waals surface area contributed by atoms with Gasteiger partial charge in [-0.15, -0.1) is 0 Å². The summed E-state index contributed by atoms with van der Waals surface area (Å²) < 4.78 is 5.61. The van der Waals surface area contributed by atoms with Crippen LogP contribution in [0, 0.1) is 0 Å². The number of ether oxygens (including phenoxy) is 1. The van der Waals surface area contributed by atoms with Gasteiger partial charge >= 0.3 is 0 Å². The molecule has 2 aromatic carbocycles. The van der Waals surface area contributed by atoms with Crippen LogP contribution in [0.2, 0.25) is 0 Å². The highest BCUT2D eigenvalue weighted by Crippen LogP contribution is 2.45. The van der Waals surface area contributed by atoms with Crippen LogP contribution >= 0.6 is 0 Å². The van der Waals surface area contributed by atoms with Crippen LogP contribution in [-0.4, -0.2) is 60.8 Å². The molecule has 33 heavy (non-hydrogen) atoms. The normalized spacial score (nSPS) is 17.9. The molecule has 0 aliphatic carbocycles. The molecule has 1 saturated heterocycles. The smallest absolute Gasteiger partial charge is 0.0717 e. The van der Waals surface area contributed by atoms with Crippen molar-refractivity contribution in [1.82, 2.24) is 9.80 Å². The quantitative estimate of drug-likeness (QED) is 0.504. The average molecular weight is 452 g/mol.